The Morgan fingerprint density at radius 3 is 2.89 bits per heavy atom. The van der Waals surface area contributed by atoms with Crippen LogP contribution in [0, 0.1) is 0 Å². The van der Waals surface area contributed by atoms with Crippen molar-refractivity contribution in [2.45, 2.75) is 12.5 Å². The number of fused-ring (bicyclic) bond motifs is 1. The molecule has 0 saturated heterocycles. The fourth-order valence-corrected chi connectivity index (χ4v) is 1.81. The number of carbonyl (C=O) groups excluding carboxylic acids is 1. The van der Waals surface area contributed by atoms with Gasteiger partial charge in [-0.1, -0.05) is 18.2 Å². The van der Waals surface area contributed by atoms with Crippen LogP contribution >= 0.6 is 0 Å². The lowest BCUT2D eigenvalue weighted by molar-refractivity contribution is -0.0148. The molecular formula is C14H17NO4. The van der Waals surface area contributed by atoms with Crippen molar-refractivity contribution in [3.8, 4) is 0 Å². The molecule has 5 nitrogen and oxygen atoms in total. The molecule has 5 heteroatoms. The second-order valence-electron chi connectivity index (χ2n) is 4.76. The summed E-state index contributed by atoms with van der Waals surface area (Å²) in [6.45, 7) is 1.83. The SMILES string of the molecule is COCC(C)(O)CNC(=O)c1cc2ccccc2o1. The molecule has 0 aliphatic carbocycles. The zero-order valence-corrected chi connectivity index (χ0v) is 11.0. The fraction of sp³-hybridized carbons (Fsp3) is 0.357. The minimum absolute atomic E-state index is 0.0940. The first-order valence-corrected chi connectivity index (χ1v) is 6.00. The van der Waals surface area contributed by atoms with Crippen molar-refractivity contribution >= 4 is 16.9 Å². The Bertz CT molecular complexity index is 541. The third-order valence-corrected chi connectivity index (χ3v) is 2.73. The Balaban J connectivity index is 2.04. The zero-order chi connectivity index (χ0) is 13.9. The van der Waals surface area contributed by atoms with E-state index in [9.17, 15) is 9.90 Å². The van der Waals surface area contributed by atoms with Gasteiger partial charge in [0.25, 0.3) is 5.91 Å². The lowest BCUT2D eigenvalue weighted by atomic mass is 10.1. The molecule has 1 heterocycles. The predicted molar refractivity (Wildman–Crippen MR) is 71.0 cm³/mol. The molecule has 19 heavy (non-hydrogen) atoms. The summed E-state index contributed by atoms with van der Waals surface area (Å²) >= 11 is 0. The third kappa shape index (κ3) is 3.33. The van der Waals surface area contributed by atoms with Gasteiger partial charge in [0.2, 0.25) is 0 Å². The van der Waals surface area contributed by atoms with Crippen LogP contribution in [-0.2, 0) is 4.74 Å². The molecule has 1 aromatic carbocycles. The van der Waals surface area contributed by atoms with Crippen LogP contribution in [0.2, 0.25) is 0 Å². The number of rotatable bonds is 5. The molecule has 1 atom stereocenters. The average molecular weight is 263 g/mol. The standard InChI is InChI=1S/C14H17NO4/c1-14(17,9-18-2)8-15-13(16)12-7-10-5-3-4-6-11(10)19-12/h3-7,17H,8-9H2,1-2H3,(H,15,16). The van der Waals surface area contributed by atoms with Crippen LogP contribution < -0.4 is 5.32 Å². The molecule has 102 valence electrons. The molecule has 0 saturated carbocycles. The maximum atomic E-state index is 11.9. The molecule has 0 fully saturated rings. The van der Waals surface area contributed by atoms with Gasteiger partial charge in [-0.05, 0) is 19.1 Å². The van der Waals surface area contributed by atoms with Crippen LogP contribution in [0.25, 0.3) is 11.0 Å². The number of amides is 1. The lowest BCUT2D eigenvalue weighted by Crippen LogP contribution is -2.43. The summed E-state index contributed by atoms with van der Waals surface area (Å²) in [6.07, 6.45) is 0. The number of nitrogens with one attached hydrogen (secondary N) is 1. The van der Waals surface area contributed by atoms with Crippen LogP contribution in [0.5, 0.6) is 0 Å². The van der Waals surface area contributed by atoms with E-state index in [2.05, 4.69) is 5.32 Å². The zero-order valence-electron chi connectivity index (χ0n) is 11.0. The first-order chi connectivity index (χ1) is 9.02. The summed E-state index contributed by atoms with van der Waals surface area (Å²) in [5.74, 6) is -0.123. The molecule has 0 aliphatic rings. The molecule has 1 unspecified atom stereocenters. The third-order valence-electron chi connectivity index (χ3n) is 2.73. The number of benzene rings is 1. The summed E-state index contributed by atoms with van der Waals surface area (Å²) in [5.41, 5.74) is -0.438. The molecule has 0 aliphatic heterocycles. The quantitative estimate of drug-likeness (QED) is 0.858. The highest BCUT2D eigenvalue weighted by Crippen LogP contribution is 2.18. The van der Waals surface area contributed by atoms with E-state index in [1.54, 1.807) is 19.1 Å². The summed E-state index contributed by atoms with van der Waals surface area (Å²) in [5, 5.41) is 13.4. The molecule has 0 bridgehead atoms. The number of carbonyl (C=O) groups is 1. The largest absolute Gasteiger partial charge is 0.451 e. The van der Waals surface area contributed by atoms with Crippen LogP contribution in [-0.4, -0.2) is 36.9 Å². The van der Waals surface area contributed by atoms with E-state index in [0.717, 1.165) is 5.39 Å². The molecule has 0 spiro atoms. The van der Waals surface area contributed by atoms with E-state index in [-0.39, 0.29) is 24.8 Å². The monoisotopic (exact) mass is 263 g/mol. The maximum absolute atomic E-state index is 11.9. The van der Waals surface area contributed by atoms with Crippen molar-refractivity contribution in [2.24, 2.45) is 0 Å². The predicted octanol–water partition coefficient (Wildman–Crippen LogP) is 1.56. The van der Waals surface area contributed by atoms with Crippen molar-refractivity contribution < 1.29 is 19.1 Å². The smallest absolute Gasteiger partial charge is 0.287 e. The van der Waals surface area contributed by atoms with E-state index in [4.69, 9.17) is 9.15 Å². The molecule has 2 aromatic rings. The minimum Gasteiger partial charge on any atom is -0.451 e. The molecule has 1 amide bonds. The van der Waals surface area contributed by atoms with Crippen molar-refractivity contribution in [2.75, 3.05) is 20.3 Å². The highest BCUT2D eigenvalue weighted by atomic mass is 16.5. The van der Waals surface area contributed by atoms with Gasteiger partial charge in [-0.2, -0.15) is 0 Å². The summed E-state index contributed by atoms with van der Waals surface area (Å²) in [6, 6.07) is 9.07. The first-order valence-electron chi connectivity index (χ1n) is 6.00. The molecule has 2 rings (SSSR count). The number of furan rings is 1. The van der Waals surface area contributed by atoms with Gasteiger partial charge in [-0.25, -0.2) is 0 Å². The lowest BCUT2D eigenvalue weighted by Gasteiger charge is -2.22. The normalized spacial score (nSPS) is 14.3. The fourth-order valence-electron chi connectivity index (χ4n) is 1.81. The number of aliphatic hydroxyl groups is 1. The van der Waals surface area contributed by atoms with Gasteiger partial charge in [0, 0.05) is 19.0 Å². The van der Waals surface area contributed by atoms with Gasteiger partial charge in [0.1, 0.15) is 11.2 Å². The second-order valence-corrected chi connectivity index (χ2v) is 4.76. The van der Waals surface area contributed by atoms with Crippen molar-refractivity contribution in [1.82, 2.24) is 5.32 Å². The summed E-state index contributed by atoms with van der Waals surface area (Å²) in [4.78, 5) is 11.9. The first kappa shape index (κ1) is 13.6. The van der Waals surface area contributed by atoms with Crippen LogP contribution in [0.3, 0.4) is 0 Å². The highest BCUT2D eigenvalue weighted by molar-refractivity contribution is 5.96. The maximum Gasteiger partial charge on any atom is 0.287 e. The van der Waals surface area contributed by atoms with E-state index in [0.29, 0.717) is 5.58 Å². The van der Waals surface area contributed by atoms with Gasteiger partial charge in [0.05, 0.1) is 6.61 Å². The van der Waals surface area contributed by atoms with Gasteiger partial charge in [-0.15, -0.1) is 0 Å². The van der Waals surface area contributed by atoms with Crippen molar-refractivity contribution in [3.05, 3.63) is 36.1 Å². The van der Waals surface area contributed by atoms with E-state index in [1.807, 2.05) is 18.2 Å². The Morgan fingerprint density at radius 1 is 1.47 bits per heavy atom. The number of methoxy groups -OCH3 is 1. The van der Waals surface area contributed by atoms with Crippen molar-refractivity contribution in [3.63, 3.8) is 0 Å². The van der Waals surface area contributed by atoms with Crippen LogP contribution in [0.4, 0.5) is 0 Å². The van der Waals surface area contributed by atoms with Gasteiger partial charge >= 0.3 is 0 Å². The number of ether oxygens (including phenoxy) is 1. The minimum atomic E-state index is -1.10. The van der Waals surface area contributed by atoms with E-state index < -0.39 is 5.60 Å². The number of hydrogen-bond acceptors (Lipinski definition) is 4. The number of hydrogen-bond donors (Lipinski definition) is 2. The Kier molecular flexibility index (Phi) is 3.87. The van der Waals surface area contributed by atoms with E-state index in [1.165, 1.54) is 7.11 Å². The molecular weight excluding hydrogens is 246 g/mol. The Hall–Kier alpha value is -1.85. The molecule has 0 radical (unpaired) electrons. The van der Waals surface area contributed by atoms with Crippen molar-refractivity contribution in [1.29, 1.82) is 0 Å². The average Bonchev–Trinajstić information content (AvgIpc) is 2.79. The Morgan fingerprint density at radius 2 is 2.21 bits per heavy atom. The Labute approximate surface area is 111 Å². The summed E-state index contributed by atoms with van der Waals surface area (Å²) in [7, 11) is 1.50. The van der Waals surface area contributed by atoms with E-state index >= 15 is 0 Å². The molecule has 2 N–H and O–H groups in total. The van der Waals surface area contributed by atoms with Crippen LogP contribution in [0.15, 0.2) is 34.7 Å². The molecule has 1 aromatic heterocycles. The van der Waals surface area contributed by atoms with Gasteiger partial charge in [0.15, 0.2) is 5.76 Å². The van der Waals surface area contributed by atoms with Gasteiger partial charge in [-0.3, -0.25) is 4.79 Å². The topological polar surface area (TPSA) is 71.7 Å². The summed E-state index contributed by atoms with van der Waals surface area (Å²) < 4.78 is 10.3. The highest BCUT2D eigenvalue weighted by Gasteiger charge is 2.22. The van der Waals surface area contributed by atoms with Gasteiger partial charge < -0.3 is 19.6 Å². The second kappa shape index (κ2) is 5.42. The van der Waals surface area contributed by atoms with Crippen LogP contribution in [0.1, 0.15) is 17.5 Å². The number of para-hydroxylation sites is 1.